The molecular formula is C20H16FN3. The van der Waals surface area contributed by atoms with Crippen LogP contribution in [0.4, 0.5) is 4.39 Å². The number of rotatable bonds is 1. The molecule has 0 radical (unpaired) electrons. The molecule has 0 fully saturated rings. The molecule has 0 aliphatic carbocycles. The molecule has 3 nitrogen and oxygen atoms in total. The van der Waals surface area contributed by atoms with Crippen LogP contribution in [-0.4, -0.2) is 16.5 Å². The highest BCUT2D eigenvalue weighted by atomic mass is 19.1. The van der Waals surface area contributed by atoms with Crippen molar-refractivity contribution in [3.63, 3.8) is 0 Å². The van der Waals surface area contributed by atoms with Gasteiger partial charge in [-0.25, -0.2) is 4.39 Å². The Balaban J connectivity index is 1.75. The highest BCUT2D eigenvalue weighted by Crippen LogP contribution is 2.35. The molecule has 0 bridgehead atoms. The molecule has 4 heteroatoms. The molecule has 118 valence electrons. The Morgan fingerprint density at radius 3 is 2.92 bits per heavy atom. The number of fused-ring (bicyclic) bond motifs is 4. The maximum atomic E-state index is 13.7. The molecule has 0 saturated carbocycles. The number of nitrogens with one attached hydrogen (secondary N) is 2. The summed E-state index contributed by atoms with van der Waals surface area (Å²) in [6.07, 6.45) is 2.76. The van der Waals surface area contributed by atoms with Gasteiger partial charge in [0, 0.05) is 34.7 Å². The summed E-state index contributed by atoms with van der Waals surface area (Å²) >= 11 is 0. The number of halogens is 1. The van der Waals surface area contributed by atoms with E-state index in [4.69, 9.17) is 0 Å². The number of nitrogens with zero attached hydrogens (tertiary/aromatic N) is 1. The molecular weight excluding hydrogens is 301 g/mol. The van der Waals surface area contributed by atoms with Gasteiger partial charge in [0.1, 0.15) is 5.82 Å². The molecule has 1 aliphatic rings. The van der Waals surface area contributed by atoms with Gasteiger partial charge in [-0.3, -0.25) is 4.98 Å². The highest BCUT2D eigenvalue weighted by Gasteiger charge is 2.26. The Kier molecular flexibility index (Phi) is 2.94. The van der Waals surface area contributed by atoms with Crippen molar-refractivity contribution in [2.45, 2.75) is 12.5 Å². The Labute approximate surface area is 138 Å². The maximum Gasteiger partial charge on any atom is 0.123 e. The summed E-state index contributed by atoms with van der Waals surface area (Å²) in [5.41, 5.74) is 5.54. The van der Waals surface area contributed by atoms with Crippen molar-refractivity contribution in [2.75, 3.05) is 6.54 Å². The van der Waals surface area contributed by atoms with Crippen LogP contribution in [0.3, 0.4) is 0 Å². The standard InChI is InChI=1S/C20H16FN3/c21-12-5-6-18-16(11-12)15-8-10-23-19(20(15)24-18)14-7-9-22-17-4-2-1-3-13(14)17/h1-7,9,11,19,23-24H,8,10H2. The number of aromatic amines is 1. The van der Waals surface area contributed by atoms with E-state index in [9.17, 15) is 4.39 Å². The minimum Gasteiger partial charge on any atom is -0.357 e. The summed E-state index contributed by atoms with van der Waals surface area (Å²) in [5.74, 6) is -0.186. The summed E-state index contributed by atoms with van der Waals surface area (Å²) in [4.78, 5) is 7.97. The van der Waals surface area contributed by atoms with E-state index >= 15 is 0 Å². The van der Waals surface area contributed by atoms with Crippen molar-refractivity contribution in [3.8, 4) is 0 Å². The van der Waals surface area contributed by atoms with Crippen molar-refractivity contribution in [1.29, 1.82) is 0 Å². The second kappa shape index (κ2) is 5.14. The van der Waals surface area contributed by atoms with Gasteiger partial charge in [0.25, 0.3) is 0 Å². The average molecular weight is 317 g/mol. The van der Waals surface area contributed by atoms with Crippen LogP contribution in [0.1, 0.15) is 22.9 Å². The number of hydrogen-bond donors (Lipinski definition) is 2. The molecule has 0 amide bonds. The van der Waals surface area contributed by atoms with Crippen LogP contribution >= 0.6 is 0 Å². The van der Waals surface area contributed by atoms with E-state index in [2.05, 4.69) is 27.4 Å². The van der Waals surface area contributed by atoms with E-state index in [1.54, 1.807) is 6.07 Å². The van der Waals surface area contributed by atoms with Crippen molar-refractivity contribution in [2.24, 2.45) is 0 Å². The molecule has 24 heavy (non-hydrogen) atoms. The number of aromatic nitrogens is 2. The Bertz CT molecular complexity index is 1060. The van der Waals surface area contributed by atoms with Crippen molar-refractivity contribution < 1.29 is 4.39 Å². The van der Waals surface area contributed by atoms with Gasteiger partial charge in [0.15, 0.2) is 0 Å². The lowest BCUT2D eigenvalue weighted by Crippen LogP contribution is -2.30. The fraction of sp³-hybridized carbons (Fsp3) is 0.150. The van der Waals surface area contributed by atoms with Gasteiger partial charge in [-0.2, -0.15) is 0 Å². The Hall–Kier alpha value is -2.72. The number of para-hydroxylation sites is 1. The minimum absolute atomic E-state index is 0.0668. The van der Waals surface area contributed by atoms with Crippen LogP contribution in [-0.2, 0) is 6.42 Å². The second-order valence-corrected chi connectivity index (χ2v) is 6.26. The SMILES string of the molecule is Fc1ccc2[nH]c3c(c2c1)CCNC3c1ccnc2ccccc12. The minimum atomic E-state index is -0.186. The summed E-state index contributed by atoms with van der Waals surface area (Å²) in [7, 11) is 0. The average Bonchev–Trinajstić information content (AvgIpc) is 2.99. The summed E-state index contributed by atoms with van der Waals surface area (Å²) in [5, 5.41) is 5.75. The molecule has 1 aliphatic heterocycles. The zero-order valence-electron chi connectivity index (χ0n) is 13.0. The molecule has 3 heterocycles. The fourth-order valence-corrected chi connectivity index (χ4v) is 3.84. The van der Waals surface area contributed by atoms with Crippen molar-refractivity contribution >= 4 is 21.8 Å². The predicted octanol–water partition coefficient (Wildman–Crippen LogP) is 4.09. The van der Waals surface area contributed by atoms with E-state index < -0.39 is 0 Å². The maximum absolute atomic E-state index is 13.7. The first-order valence-electron chi connectivity index (χ1n) is 8.18. The predicted molar refractivity (Wildman–Crippen MR) is 93.5 cm³/mol. The lowest BCUT2D eigenvalue weighted by atomic mass is 9.92. The Morgan fingerprint density at radius 1 is 1.04 bits per heavy atom. The van der Waals surface area contributed by atoms with E-state index in [1.165, 1.54) is 17.2 Å². The molecule has 0 saturated heterocycles. The van der Waals surface area contributed by atoms with E-state index in [-0.39, 0.29) is 11.9 Å². The molecule has 5 rings (SSSR count). The van der Waals surface area contributed by atoms with Gasteiger partial charge in [0.2, 0.25) is 0 Å². The molecule has 2 aromatic carbocycles. The van der Waals surface area contributed by atoms with Crippen LogP contribution in [0.25, 0.3) is 21.8 Å². The van der Waals surface area contributed by atoms with Crippen molar-refractivity contribution in [1.82, 2.24) is 15.3 Å². The Morgan fingerprint density at radius 2 is 1.96 bits per heavy atom. The van der Waals surface area contributed by atoms with Crippen molar-refractivity contribution in [3.05, 3.63) is 77.4 Å². The van der Waals surface area contributed by atoms with Crippen LogP contribution in [0.5, 0.6) is 0 Å². The summed E-state index contributed by atoms with van der Waals surface area (Å²) in [6.45, 7) is 0.873. The van der Waals surface area contributed by atoms with Gasteiger partial charge < -0.3 is 10.3 Å². The third-order valence-electron chi connectivity index (χ3n) is 4.91. The number of H-pyrrole nitrogens is 1. The molecule has 1 unspecified atom stereocenters. The van der Waals surface area contributed by atoms with Gasteiger partial charge >= 0.3 is 0 Å². The smallest absolute Gasteiger partial charge is 0.123 e. The second-order valence-electron chi connectivity index (χ2n) is 6.26. The summed E-state index contributed by atoms with van der Waals surface area (Å²) < 4.78 is 13.7. The quantitative estimate of drug-likeness (QED) is 0.555. The number of benzene rings is 2. The zero-order chi connectivity index (χ0) is 16.1. The molecule has 0 spiro atoms. The number of pyridine rings is 1. The summed E-state index contributed by atoms with van der Waals surface area (Å²) in [6, 6.07) is 15.3. The molecule has 1 atom stereocenters. The van der Waals surface area contributed by atoms with E-state index in [1.807, 2.05) is 30.5 Å². The fourth-order valence-electron chi connectivity index (χ4n) is 3.84. The van der Waals surface area contributed by atoms with Crippen LogP contribution in [0.2, 0.25) is 0 Å². The third-order valence-corrected chi connectivity index (χ3v) is 4.91. The van der Waals surface area contributed by atoms with Gasteiger partial charge in [0.05, 0.1) is 11.6 Å². The monoisotopic (exact) mass is 317 g/mol. The van der Waals surface area contributed by atoms with Crippen LogP contribution in [0.15, 0.2) is 54.7 Å². The zero-order valence-corrected chi connectivity index (χ0v) is 13.0. The first-order chi connectivity index (χ1) is 11.8. The third kappa shape index (κ3) is 1.96. The van der Waals surface area contributed by atoms with E-state index in [0.717, 1.165) is 40.5 Å². The number of hydrogen-bond acceptors (Lipinski definition) is 2. The van der Waals surface area contributed by atoms with Crippen LogP contribution in [0, 0.1) is 5.82 Å². The topological polar surface area (TPSA) is 40.7 Å². The molecule has 2 aromatic heterocycles. The van der Waals surface area contributed by atoms with Gasteiger partial charge in [-0.1, -0.05) is 18.2 Å². The lowest BCUT2D eigenvalue weighted by Gasteiger charge is -2.25. The van der Waals surface area contributed by atoms with Crippen LogP contribution < -0.4 is 5.32 Å². The van der Waals surface area contributed by atoms with Gasteiger partial charge in [-0.15, -0.1) is 0 Å². The van der Waals surface area contributed by atoms with E-state index in [0.29, 0.717) is 0 Å². The molecule has 2 N–H and O–H groups in total. The molecule has 4 aromatic rings. The largest absolute Gasteiger partial charge is 0.357 e. The first kappa shape index (κ1) is 13.7. The first-order valence-corrected chi connectivity index (χ1v) is 8.18. The normalized spacial score (nSPS) is 17.3. The lowest BCUT2D eigenvalue weighted by molar-refractivity contribution is 0.563. The van der Waals surface area contributed by atoms with Gasteiger partial charge in [-0.05, 0) is 47.9 Å². The highest BCUT2D eigenvalue weighted by molar-refractivity contribution is 5.87.